The third-order valence-electron chi connectivity index (χ3n) is 5.94. The molecule has 1 aliphatic heterocycles. The number of nitrogens with one attached hydrogen (secondary N) is 1. The number of carbonyl (C=O) groups is 1. The van der Waals surface area contributed by atoms with Gasteiger partial charge in [-0.1, -0.05) is 30.5 Å². The Kier molecular flexibility index (Phi) is 6.58. The fourth-order valence-electron chi connectivity index (χ4n) is 4.66. The van der Waals surface area contributed by atoms with Crippen LogP contribution in [0.5, 0.6) is 0 Å². The lowest BCUT2D eigenvalue weighted by Gasteiger charge is -2.36. The Balaban J connectivity index is 1.59. The summed E-state index contributed by atoms with van der Waals surface area (Å²) in [7, 11) is 0. The first-order valence-corrected chi connectivity index (χ1v) is 10.3. The SMILES string of the molecule is Cc1cc(C)c(NC(=O)O[C@@H]2CCCC[C@H]2CN2CCCCC2)c(C)c1. The second-order valence-corrected chi connectivity index (χ2v) is 8.25. The van der Waals surface area contributed by atoms with E-state index in [1.165, 1.54) is 50.8 Å². The maximum atomic E-state index is 12.6. The summed E-state index contributed by atoms with van der Waals surface area (Å²) >= 11 is 0. The Labute approximate surface area is 158 Å². The first kappa shape index (κ1) is 19.2. The van der Waals surface area contributed by atoms with Crippen LogP contribution in [0.2, 0.25) is 0 Å². The van der Waals surface area contributed by atoms with Gasteiger partial charge in [-0.05, 0) is 77.1 Å². The monoisotopic (exact) mass is 358 g/mol. The summed E-state index contributed by atoms with van der Waals surface area (Å²) in [5.41, 5.74) is 4.29. The van der Waals surface area contributed by atoms with Crippen molar-refractivity contribution in [2.24, 2.45) is 5.92 Å². The molecule has 0 bridgehead atoms. The Morgan fingerprint density at radius 3 is 2.38 bits per heavy atom. The van der Waals surface area contributed by atoms with Gasteiger partial charge < -0.3 is 9.64 Å². The Morgan fingerprint density at radius 1 is 1.04 bits per heavy atom. The lowest BCUT2D eigenvalue weighted by Crippen LogP contribution is -2.41. The maximum absolute atomic E-state index is 12.6. The van der Waals surface area contributed by atoms with Crippen LogP contribution in [0.25, 0.3) is 0 Å². The minimum absolute atomic E-state index is 0.0525. The van der Waals surface area contributed by atoms with E-state index in [1.807, 2.05) is 13.8 Å². The molecule has 26 heavy (non-hydrogen) atoms. The molecular weight excluding hydrogens is 324 g/mol. The van der Waals surface area contributed by atoms with Crippen molar-refractivity contribution in [2.45, 2.75) is 71.8 Å². The standard InChI is InChI=1S/C22H34N2O2/c1-16-13-17(2)21(18(3)14-16)23-22(25)26-20-10-6-5-9-19(20)15-24-11-7-4-8-12-24/h13-14,19-20H,4-12,15H2,1-3H3,(H,23,25)/t19-,20+/m0/s1. The van der Waals surface area contributed by atoms with Crippen molar-refractivity contribution < 1.29 is 9.53 Å². The zero-order valence-corrected chi connectivity index (χ0v) is 16.6. The molecule has 0 unspecified atom stereocenters. The van der Waals surface area contributed by atoms with Crippen LogP contribution in [0.4, 0.5) is 10.5 Å². The van der Waals surface area contributed by atoms with Crippen LogP contribution < -0.4 is 5.32 Å². The van der Waals surface area contributed by atoms with E-state index in [0.717, 1.165) is 36.2 Å². The molecule has 2 aliphatic rings. The Bertz CT molecular complexity index is 600. The summed E-state index contributed by atoms with van der Waals surface area (Å²) in [6.45, 7) is 9.65. The second-order valence-electron chi connectivity index (χ2n) is 8.25. The summed E-state index contributed by atoms with van der Waals surface area (Å²) in [5.74, 6) is 0.479. The minimum Gasteiger partial charge on any atom is -0.446 e. The van der Waals surface area contributed by atoms with Crippen LogP contribution >= 0.6 is 0 Å². The summed E-state index contributed by atoms with van der Waals surface area (Å²) < 4.78 is 5.91. The van der Waals surface area contributed by atoms with Gasteiger partial charge in [0.15, 0.2) is 0 Å². The molecule has 1 aromatic carbocycles. The molecule has 0 radical (unpaired) electrons. The highest BCUT2D eigenvalue weighted by atomic mass is 16.6. The summed E-state index contributed by atoms with van der Waals surface area (Å²) in [6, 6.07) is 4.20. The largest absolute Gasteiger partial charge is 0.446 e. The molecule has 1 N–H and O–H groups in total. The van der Waals surface area contributed by atoms with Gasteiger partial charge in [0.05, 0.1) is 0 Å². The number of carbonyl (C=O) groups excluding carboxylic acids is 1. The zero-order chi connectivity index (χ0) is 18.5. The average molecular weight is 359 g/mol. The van der Waals surface area contributed by atoms with Gasteiger partial charge in [0.1, 0.15) is 6.10 Å². The molecule has 1 amide bonds. The van der Waals surface area contributed by atoms with Crippen LogP contribution in [-0.2, 0) is 4.74 Å². The number of ether oxygens (including phenoxy) is 1. The Morgan fingerprint density at radius 2 is 1.69 bits per heavy atom. The predicted octanol–water partition coefficient (Wildman–Crippen LogP) is 5.21. The number of amides is 1. The van der Waals surface area contributed by atoms with Crippen molar-refractivity contribution in [1.82, 2.24) is 4.90 Å². The molecule has 3 rings (SSSR count). The lowest BCUT2D eigenvalue weighted by molar-refractivity contribution is 0.0267. The minimum atomic E-state index is -0.296. The highest BCUT2D eigenvalue weighted by Crippen LogP contribution is 2.29. The number of piperidine rings is 1. The third kappa shape index (κ3) is 5.00. The maximum Gasteiger partial charge on any atom is 0.411 e. The fraction of sp³-hybridized carbons (Fsp3) is 0.682. The van der Waals surface area contributed by atoms with Crippen molar-refractivity contribution in [1.29, 1.82) is 0 Å². The molecule has 0 spiro atoms. The predicted molar refractivity (Wildman–Crippen MR) is 107 cm³/mol. The molecule has 1 saturated carbocycles. The van der Waals surface area contributed by atoms with Crippen molar-refractivity contribution in [3.05, 3.63) is 28.8 Å². The van der Waals surface area contributed by atoms with Crippen molar-refractivity contribution in [3.8, 4) is 0 Å². The fourth-order valence-corrected chi connectivity index (χ4v) is 4.66. The van der Waals surface area contributed by atoms with E-state index < -0.39 is 0 Å². The van der Waals surface area contributed by atoms with Crippen LogP contribution in [0.1, 0.15) is 61.6 Å². The van der Waals surface area contributed by atoms with E-state index in [4.69, 9.17) is 4.74 Å². The molecule has 1 aliphatic carbocycles. The average Bonchev–Trinajstić information content (AvgIpc) is 2.61. The lowest BCUT2D eigenvalue weighted by atomic mass is 9.85. The van der Waals surface area contributed by atoms with Crippen molar-refractivity contribution in [2.75, 3.05) is 25.0 Å². The highest BCUT2D eigenvalue weighted by molar-refractivity contribution is 5.87. The topological polar surface area (TPSA) is 41.6 Å². The Hall–Kier alpha value is -1.55. The number of rotatable bonds is 4. The van der Waals surface area contributed by atoms with Crippen molar-refractivity contribution in [3.63, 3.8) is 0 Å². The van der Waals surface area contributed by atoms with Crippen molar-refractivity contribution >= 4 is 11.8 Å². The normalized spacial score (nSPS) is 24.3. The number of hydrogen-bond donors (Lipinski definition) is 1. The molecule has 4 nitrogen and oxygen atoms in total. The number of anilines is 1. The number of likely N-dealkylation sites (tertiary alicyclic amines) is 1. The molecule has 1 heterocycles. The van der Waals surface area contributed by atoms with E-state index in [9.17, 15) is 4.79 Å². The van der Waals surface area contributed by atoms with Gasteiger partial charge in [0.25, 0.3) is 0 Å². The van der Waals surface area contributed by atoms with Crippen LogP contribution in [0, 0.1) is 26.7 Å². The number of nitrogens with zero attached hydrogens (tertiary/aromatic N) is 1. The van der Waals surface area contributed by atoms with Gasteiger partial charge in [-0.25, -0.2) is 4.79 Å². The molecule has 1 aromatic rings. The van der Waals surface area contributed by atoms with Crippen LogP contribution in [0.3, 0.4) is 0 Å². The van der Waals surface area contributed by atoms with E-state index in [2.05, 4.69) is 29.3 Å². The van der Waals surface area contributed by atoms with E-state index in [1.54, 1.807) is 0 Å². The molecule has 4 heteroatoms. The molecule has 1 saturated heterocycles. The van der Waals surface area contributed by atoms with Gasteiger partial charge in [-0.3, -0.25) is 5.32 Å². The first-order valence-electron chi connectivity index (χ1n) is 10.3. The van der Waals surface area contributed by atoms with Gasteiger partial charge in [-0.2, -0.15) is 0 Å². The second kappa shape index (κ2) is 8.90. The number of aryl methyl sites for hydroxylation is 3. The van der Waals surface area contributed by atoms with E-state index >= 15 is 0 Å². The van der Waals surface area contributed by atoms with Crippen LogP contribution in [-0.4, -0.2) is 36.7 Å². The number of benzene rings is 1. The first-order chi connectivity index (χ1) is 12.5. The van der Waals surface area contributed by atoms with Crippen LogP contribution in [0.15, 0.2) is 12.1 Å². The smallest absolute Gasteiger partial charge is 0.411 e. The number of hydrogen-bond acceptors (Lipinski definition) is 3. The van der Waals surface area contributed by atoms with Gasteiger partial charge in [0.2, 0.25) is 0 Å². The molecule has 144 valence electrons. The summed E-state index contributed by atoms with van der Waals surface area (Å²) in [5, 5.41) is 3.00. The highest BCUT2D eigenvalue weighted by Gasteiger charge is 2.30. The third-order valence-corrected chi connectivity index (χ3v) is 5.94. The molecule has 2 fully saturated rings. The molecule has 0 aromatic heterocycles. The zero-order valence-electron chi connectivity index (χ0n) is 16.6. The van der Waals surface area contributed by atoms with E-state index in [0.29, 0.717) is 5.92 Å². The van der Waals surface area contributed by atoms with Gasteiger partial charge in [-0.15, -0.1) is 0 Å². The molecular formula is C22H34N2O2. The van der Waals surface area contributed by atoms with Gasteiger partial charge in [0, 0.05) is 18.2 Å². The summed E-state index contributed by atoms with van der Waals surface area (Å²) in [6.07, 6.45) is 8.34. The quantitative estimate of drug-likeness (QED) is 0.804. The summed E-state index contributed by atoms with van der Waals surface area (Å²) in [4.78, 5) is 15.1. The molecule has 2 atom stereocenters. The van der Waals surface area contributed by atoms with Gasteiger partial charge >= 0.3 is 6.09 Å². The van der Waals surface area contributed by atoms with E-state index in [-0.39, 0.29) is 12.2 Å².